The van der Waals surface area contributed by atoms with Crippen molar-refractivity contribution >= 4 is 5.78 Å². The number of hydrogen-bond donors (Lipinski definition) is 0. The van der Waals surface area contributed by atoms with Crippen LogP contribution in [0.1, 0.15) is 41.3 Å². The van der Waals surface area contributed by atoms with Crippen LogP contribution in [0.2, 0.25) is 0 Å². The molecular weight excluding hydrogens is 382 g/mol. The number of hydrogen-bond acceptors (Lipinski definition) is 3. The molecule has 160 valence electrons. The molecule has 0 saturated carbocycles. The number of carbonyl (C=O) groups excluding carboxylic acids is 1. The summed E-state index contributed by atoms with van der Waals surface area (Å²) in [7, 11) is 1.72. The Balaban J connectivity index is 1.68. The molecule has 2 atom stereocenters. The maximum Gasteiger partial charge on any atom is 0.176 e. The molecule has 1 saturated heterocycles. The van der Waals surface area contributed by atoms with Gasteiger partial charge < -0.3 is 4.74 Å². The van der Waals surface area contributed by atoms with Gasteiger partial charge >= 0.3 is 0 Å². The summed E-state index contributed by atoms with van der Waals surface area (Å²) in [5.74, 6) is 1.07. The monoisotopic (exact) mass is 413 g/mol. The largest absolute Gasteiger partial charge is 0.497 e. The predicted octanol–water partition coefficient (Wildman–Crippen LogP) is 5.54. The zero-order valence-electron chi connectivity index (χ0n) is 18.5. The van der Waals surface area contributed by atoms with Crippen LogP contribution in [0.15, 0.2) is 84.9 Å². The number of ether oxygens (including phenoxy) is 1. The summed E-state index contributed by atoms with van der Waals surface area (Å²) in [6, 6.07) is 29.1. The summed E-state index contributed by atoms with van der Waals surface area (Å²) in [6.45, 7) is 3.69. The van der Waals surface area contributed by atoms with Crippen LogP contribution in [-0.2, 0) is 11.8 Å². The van der Waals surface area contributed by atoms with E-state index >= 15 is 0 Å². The van der Waals surface area contributed by atoms with Crippen molar-refractivity contribution < 1.29 is 9.53 Å². The molecule has 1 fully saturated rings. The molecule has 0 aromatic heterocycles. The smallest absolute Gasteiger partial charge is 0.176 e. The fourth-order valence-electron chi connectivity index (χ4n) is 5.08. The van der Waals surface area contributed by atoms with Gasteiger partial charge in [0.25, 0.3) is 0 Å². The number of benzene rings is 3. The molecule has 3 aromatic rings. The van der Waals surface area contributed by atoms with E-state index in [1.807, 2.05) is 36.4 Å². The first kappa shape index (κ1) is 21.3. The Kier molecular flexibility index (Phi) is 6.53. The van der Waals surface area contributed by atoms with Crippen molar-refractivity contribution in [3.63, 3.8) is 0 Å². The highest BCUT2D eigenvalue weighted by Crippen LogP contribution is 2.43. The minimum Gasteiger partial charge on any atom is -0.497 e. The molecule has 0 amide bonds. The molecule has 0 bridgehead atoms. The molecular formula is C28H31NO2. The summed E-state index contributed by atoms with van der Waals surface area (Å²) in [5.41, 5.74) is 3.33. The van der Waals surface area contributed by atoms with Gasteiger partial charge in [0.1, 0.15) is 5.75 Å². The zero-order chi connectivity index (χ0) is 21.7. The number of Topliss-reactive ketones (excluding diaryl/α,β-unsaturated/α-hetero) is 1. The standard InChI is InChI=1S/C28H31NO2/c1-22-28(20-23-11-5-3-6-12-23,25-15-9-16-26(19-25)31-2)17-10-18-29(22)21-27(30)24-13-7-4-8-14-24/h3-9,11-16,19,22H,10,17-18,20-21H2,1-2H3. The van der Waals surface area contributed by atoms with Crippen LogP contribution in [-0.4, -0.2) is 36.9 Å². The Hall–Kier alpha value is -2.91. The molecule has 0 spiro atoms. The van der Waals surface area contributed by atoms with Crippen LogP contribution in [0.5, 0.6) is 5.75 Å². The molecule has 0 aliphatic carbocycles. The van der Waals surface area contributed by atoms with E-state index in [1.165, 1.54) is 11.1 Å². The lowest BCUT2D eigenvalue weighted by Gasteiger charge is -2.49. The number of carbonyl (C=O) groups is 1. The quantitative estimate of drug-likeness (QED) is 0.476. The van der Waals surface area contributed by atoms with Gasteiger partial charge in [0.05, 0.1) is 13.7 Å². The van der Waals surface area contributed by atoms with Crippen molar-refractivity contribution in [3.05, 3.63) is 102 Å². The second kappa shape index (κ2) is 9.49. The van der Waals surface area contributed by atoms with E-state index in [-0.39, 0.29) is 17.2 Å². The summed E-state index contributed by atoms with van der Waals surface area (Å²) in [4.78, 5) is 15.4. The highest BCUT2D eigenvalue weighted by atomic mass is 16.5. The molecule has 3 aromatic carbocycles. The van der Waals surface area contributed by atoms with E-state index in [0.29, 0.717) is 6.54 Å². The summed E-state index contributed by atoms with van der Waals surface area (Å²) >= 11 is 0. The summed E-state index contributed by atoms with van der Waals surface area (Å²) < 4.78 is 5.56. The van der Waals surface area contributed by atoms with Crippen molar-refractivity contribution in [3.8, 4) is 5.75 Å². The second-order valence-electron chi connectivity index (χ2n) is 8.59. The molecule has 3 heteroatoms. The van der Waals surface area contributed by atoms with Gasteiger partial charge in [0.2, 0.25) is 0 Å². The molecule has 3 nitrogen and oxygen atoms in total. The van der Waals surface area contributed by atoms with E-state index in [1.54, 1.807) is 7.11 Å². The fraction of sp³-hybridized carbons (Fsp3) is 0.321. The summed E-state index contributed by atoms with van der Waals surface area (Å²) in [5, 5.41) is 0. The first-order valence-corrected chi connectivity index (χ1v) is 11.1. The molecule has 1 aliphatic heterocycles. The van der Waals surface area contributed by atoms with Crippen LogP contribution in [0.3, 0.4) is 0 Å². The average molecular weight is 414 g/mol. The number of piperidine rings is 1. The highest BCUT2D eigenvalue weighted by molar-refractivity contribution is 5.97. The Morgan fingerprint density at radius 3 is 2.42 bits per heavy atom. The number of nitrogens with zero attached hydrogens (tertiary/aromatic N) is 1. The second-order valence-corrected chi connectivity index (χ2v) is 8.59. The summed E-state index contributed by atoms with van der Waals surface area (Å²) in [6.07, 6.45) is 3.10. The lowest BCUT2D eigenvalue weighted by molar-refractivity contribution is 0.0634. The Labute approximate surface area is 185 Å². The van der Waals surface area contributed by atoms with Crippen LogP contribution < -0.4 is 4.74 Å². The lowest BCUT2D eigenvalue weighted by Crippen LogP contribution is -2.55. The average Bonchev–Trinajstić information content (AvgIpc) is 2.83. The Bertz CT molecular complexity index is 1000. The molecule has 2 unspecified atom stereocenters. The molecule has 0 radical (unpaired) electrons. The van der Waals surface area contributed by atoms with Crippen molar-refractivity contribution in [2.45, 2.75) is 37.6 Å². The third kappa shape index (κ3) is 4.57. The van der Waals surface area contributed by atoms with Crippen LogP contribution in [0.25, 0.3) is 0 Å². The molecule has 31 heavy (non-hydrogen) atoms. The van der Waals surface area contributed by atoms with Gasteiger partial charge in [0, 0.05) is 17.0 Å². The topological polar surface area (TPSA) is 29.5 Å². The van der Waals surface area contributed by atoms with Crippen molar-refractivity contribution in [2.24, 2.45) is 0 Å². The van der Waals surface area contributed by atoms with Crippen molar-refractivity contribution in [1.82, 2.24) is 4.90 Å². The lowest BCUT2D eigenvalue weighted by atomic mass is 9.65. The minimum atomic E-state index is -0.0783. The number of rotatable bonds is 7. The van der Waals surface area contributed by atoms with Gasteiger partial charge in [0.15, 0.2) is 5.78 Å². The first-order chi connectivity index (χ1) is 15.1. The maximum atomic E-state index is 13.0. The highest BCUT2D eigenvalue weighted by Gasteiger charge is 2.44. The Morgan fingerprint density at radius 1 is 1.00 bits per heavy atom. The zero-order valence-corrected chi connectivity index (χ0v) is 18.5. The van der Waals surface area contributed by atoms with Gasteiger partial charge in [-0.25, -0.2) is 0 Å². The van der Waals surface area contributed by atoms with Gasteiger partial charge in [-0.05, 0) is 56.0 Å². The molecule has 4 rings (SSSR count). The van der Waals surface area contributed by atoms with Crippen LogP contribution in [0, 0.1) is 0 Å². The fourth-order valence-corrected chi connectivity index (χ4v) is 5.08. The third-order valence-electron chi connectivity index (χ3n) is 6.87. The van der Waals surface area contributed by atoms with E-state index in [4.69, 9.17) is 4.74 Å². The van der Waals surface area contributed by atoms with Crippen LogP contribution in [0.4, 0.5) is 0 Å². The first-order valence-electron chi connectivity index (χ1n) is 11.1. The molecule has 1 heterocycles. The van der Waals surface area contributed by atoms with E-state index < -0.39 is 0 Å². The van der Waals surface area contributed by atoms with E-state index in [9.17, 15) is 4.79 Å². The van der Waals surface area contributed by atoms with Gasteiger partial charge in [-0.1, -0.05) is 72.8 Å². The molecule has 0 N–H and O–H groups in total. The predicted molar refractivity (Wildman–Crippen MR) is 126 cm³/mol. The van der Waals surface area contributed by atoms with Gasteiger partial charge in [-0.15, -0.1) is 0 Å². The Morgan fingerprint density at radius 2 is 1.71 bits per heavy atom. The van der Waals surface area contributed by atoms with E-state index in [0.717, 1.165) is 37.1 Å². The maximum absolute atomic E-state index is 13.0. The number of ketones is 1. The minimum absolute atomic E-state index is 0.0783. The van der Waals surface area contributed by atoms with Gasteiger partial charge in [-0.3, -0.25) is 9.69 Å². The van der Waals surface area contributed by atoms with Crippen molar-refractivity contribution in [1.29, 1.82) is 0 Å². The van der Waals surface area contributed by atoms with Gasteiger partial charge in [-0.2, -0.15) is 0 Å². The SMILES string of the molecule is COc1cccc(C2(Cc3ccccc3)CCCN(CC(=O)c3ccccc3)C2C)c1. The number of methoxy groups -OCH3 is 1. The normalized spacial score (nSPS) is 21.5. The number of likely N-dealkylation sites (tertiary alicyclic amines) is 1. The van der Waals surface area contributed by atoms with Crippen molar-refractivity contribution in [2.75, 3.05) is 20.2 Å². The third-order valence-corrected chi connectivity index (χ3v) is 6.87. The van der Waals surface area contributed by atoms with Crippen LogP contribution >= 0.6 is 0 Å². The molecule has 1 aliphatic rings. The van der Waals surface area contributed by atoms with E-state index in [2.05, 4.69) is 60.4 Å².